The molecule has 8 heteroatoms. The predicted octanol–water partition coefficient (Wildman–Crippen LogP) is 3.54. The quantitative estimate of drug-likeness (QED) is 0.650. The Hall–Kier alpha value is -1.96. The maximum Gasteiger partial charge on any atom is 0.451 e. The number of alkyl halides is 3. The first-order chi connectivity index (χ1) is 10.8. The summed E-state index contributed by atoms with van der Waals surface area (Å²) in [6, 6.07) is 4.00. The summed E-state index contributed by atoms with van der Waals surface area (Å²) in [6.07, 6.45) is -3.07. The number of para-hydroxylation sites is 1. The zero-order valence-electron chi connectivity index (χ0n) is 12.9. The van der Waals surface area contributed by atoms with E-state index in [9.17, 15) is 17.6 Å². The Morgan fingerprint density at radius 3 is 2.52 bits per heavy atom. The number of nitrogens with zero attached hydrogens (tertiary/aromatic N) is 3. The van der Waals surface area contributed by atoms with E-state index in [-0.39, 0.29) is 16.7 Å². The average molecular weight is 330 g/mol. The molecule has 126 valence electrons. The third kappa shape index (κ3) is 4.51. The zero-order chi connectivity index (χ0) is 17.0. The average Bonchev–Trinajstić information content (AvgIpc) is 2.46. The Labute approximate surface area is 131 Å². The van der Waals surface area contributed by atoms with Crippen molar-refractivity contribution in [3.05, 3.63) is 29.8 Å². The smallest absolute Gasteiger partial charge is 0.369 e. The molecule has 0 radical (unpaired) electrons. The topological polar surface area (TPSA) is 41.0 Å². The lowest BCUT2D eigenvalue weighted by Crippen LogP contribution is -2.16. The van der Waals surface area contributed by atoms with Crippen LogP contribution in [0, 0.1) is 5.82 Å². The second-order valence-corrected chi connectivity index (χ2v) is 5.47. The molecule has 0 fully saturated rings. The summed E-state index contributed by atoms with van der Waals surface area (Å²) in [5, 5.41) is 3.11. The largest absolute Gasteiger partial charge is 0.451 e. The van der Waals surface area contributed by atoms with Gasteiger partial charge in [0.25, 0.3) is 0 Å². The summed E-state index contributed by atoms with van der Waals surface area (Å²) in [6.45, 7) is 1.34. The summed E-state index contributed by atoms with van der Waals surface area (Å²) in [4.78, 5) is 8.86. The van der Waals surface area contributed by atoms with E-state index in [0.717, 1.165) is 25.5 Å². The molecule has 0 amide bonds. The monoisotopic (exact) mass is 330 g/mol. The minimum Gasteiger partial charge on any atom is -0.369 e. The molecule has 0 aliphatic carbocycles. The molecular weight excluding hydrogens is 312 g/mol. The van der Waals surface area contributed by atoms with E-state index in [2.05, 4.69) is 15.3 Å². The van der Waals surface area contributed by atoms with Crippen LogP contribution in [0.25, 0.3) is 10.9 Å². The van der Waals surface area contributed by atoms with Crippen molar-refractivity contribution in [1.82, 2.24) is 14.9 Å². The van der Waals surface area contributed by atoms with Crippen molar-refractivity contribution in [2.24, 2.45) is 0 Å². The standard InChI is InChI=1S/C15H18F4N4/c1-23(2)9-4-3-8-20-13-10-6-5-7-11(16)12(10)21-14(22-13)15(17,18)19/h5-7H,3-4,8-9H2,1-2H3,(H,20,21,22). The molecule has 1 heterocycles. The number of aromatic nitrogens is 2. The lowest BCUT2D eigenvalue weighted by molar-refractivity contribution is -0.144. The summed E-state index contributed by atoms with van der Waals surface area (Å²) >= 11 is 0. The van der Waals surface area contributed by atoms with E-state index in [0.29, 0.717) is 6.54 Å². The molecule has 1 N–H and O–H groups in total. The molecule has 0 saturated carbocycles. The van der Waals surface area contributed by atoms with Crippen LogP contribution < -0.4 is 5.32 Å². The van der Waals surface area contributed by atoms with Crippen LogP contribution in [0.4, 0.5) is 23.4 Å². The van der Waals surface area contributed by atoms with Gasteiger partial charge in [-0.15, -0.1) is 0 Å². The van der Waals surface area contributed by atoms with Crippen molar-refractivity contribution in [3.8, 4) is 0 Å². The van der Waals surface area contributed by atoms with Gasteiger partial charge >= 0.3 is 6.18 Å². The molecule has 0 saturated heterocycles. The first-order valence-corrected chi connectivity index (χ1v) is 7.21. The molecule has 0 aliphatic rings. The molecule has 0 atom stereocenters. The van der Waals surface area contributed by atoms with E-state index in [1.807, 2.05) is 19.0 Å². The van der Waals surface area contributed by atoms with Gasteiger partial charge in [-0.25, -0.2) is 14.4 Å². The molecule has 2 aromatic rings. The molecule has 1 aromatic carbocycles. The van der Waals surface area contributed by atoms with Crippen LogP contribution >= 0.6 is 0 Å². The maximum absolute atomic E-state index is 13.8. The van der Waals surface area contributed by atoms with Crippen LogP contribution in [0.1, 0.15) is 18.7 Å². The lowest BCUT2D eigenvalue weighted by Gasteiger charge is -2.13. The summed E-state index contributed by atoms with van der Waals surface area (Å²) in [7, 11) is 3.90. The van der Waals surface area contributed by atoms with Crippen LogP contribution in [-0.4, -0.2) is 42.1 Å². The highest BCUT2D eigenvalue weighted by atomic mass is 19.4. The van der Waals surface area contributed by atoms with Gasteiger partial charge in [-0.1, -0.05) is 6.07 Å². The second kappa shape index (κ2) is 7.08. The van der Waals surface area contributed by atoms with Crippen molar-refractivity contribution < 1.29 is 17.6 Å². The Kier molecular flexibility index (Phi) is 5.35. The summed E-state index contributed by atoms with van der Waals surface area (Å²) in [5.74, 6) is -2.14. The molecule has 4 nitrogen and oxygen atoms in total. The maximum atomic E-state index is 13.8. The van der Waals surface area contributed by atoms with Gasteiger partial charge in [0.05, 0.1) is 0 Å². The predicted molar refractivity (Wildman–Crippen MR) is 80.8 cm³/mol. The minimum atomic E-state index is -4.72. The van der Waals surface area contributed by atoms with Crippen molar-refractivity contribution >= 4 is 16.7 Å². The molecule has 23 heavy (non-hydrogen) atoms. The minimum absolute atomic E-state index is 0.00618. The van der Waals surface area contributed by atoms with E-state index in [1.165, 1.54) is 12.1 Å². The van der Waals surface area contributed by atoms with Crippen LogP contribution in [0.15, 0.2) is 18.2 Å². The van der Waals surface area contributed by atoms with Crippen molar-refractivity contribution in [2.45, 2.75) is 19.0 Å². The Morgan fingerprint density at radius 1 is 1.13 bits per heavy atom. The van der Waals surface area contributed by atoms with E-state index in [4.69, 9.17) is 0 Å². The van der Waals surface area contributed by atoms with Crippen molar-refractivity contribution in [1.29, 1.82) is 0 Å². The summed E-state index contributed by atoms with van der Waals surface area (Å²) in [5.41, 5.74) is -0.328. The van der Waals surface area contributed by atoms with Gasteiger partial charge in [0, 0.05) is 11.9 Å². The number of halogens is 4. The van der Waals surface area contributed by atoms with Gasteiger partial charge in [-0.3, -0.25) is 0 Å². The fraction of sp³-hybridized carbons (Fsp3) is 0.467. The lowest BCUT2D eigenvalue weighted by atomic mass is 10.2. The fourth-order valence-corrected chi connectivity index (χ4v) is 2.14. The molecular formula is C15H18F4N4. The highest BCUT2D eigenvalue weighted by molar-refractivity contribution is 5.89. The number of fused-ring (bicyclic) bond motifs is 1. The van der Waals surface area contributed by atoms with Crippen LogP contribution in [-0.2, 0) is 6.18 Å². The second-order valence-electron chi connectivity index (χ2n) is 5.47. The molecule has 2 rings (SSSR count). The highest BCUT2D eigenvalue weighted by Gasteiger charge is 2.35. The third-order valence-corrected chi connectivity index (χ3v) is 3.26. The van der Waals surface area contributed by atoms with Gasteiger partial charge in [0.2, 0.25) is 5.82 Å². The molecule has 0 unspecified atom stereocenters. The van der Waals surface area contributed by atoms with Gasteiger partial charge in [-0.2, -0.15) is 13.2 Å². The zero-order valence-corrected chi connectivity index (χ0v) is 12.9. The number of anilines is 1. The number of rotatable bonds is 6. The van der Waals surface area contributed by atoms with E-state index < -0.39 is 17.8 Å². The van der Waals surface area contributed by atoms with E-state index in [1.54, 1.807) is 0 Å². The van der Waals surface area contributed by atoms with Gasteiger partial charge in [-0.05, 0) is 45.6 Å². The van der Waals surface area contributed by atoms with Gasteiger partial charge in [0.15, 0.2) is 0 Å². The first kappa shape index (κ1) is 17.4. The molecule has 0 spiro atoms. The van der Waals surface area contributed by atoms with Crippen LogP contribution in [0.2, 0.25) is 0 Å². The number of nitrogens with one attached hydrogen (secondary N) is 1. The van der Waals surface area contributed by atoms with Crippen LogP contribution in [0.3, 0.4) is 0 Å². The summed E-state index contributed by atoms with van der Waals surface area (Å²) < 4.78 is 52.4. The Morgan fingerprint density at radius 2 is 1.87 bits per heavy atom. The number of hydrogen-bond donors (Lipinski definition) is 1. The molecule has 0 aliphatic heterocycles. The fourth-order valence-electron chi connectivity index (χ4n) is 2.14. The SMILES string of the molecule is CN(C)CCCCNc1nc(C(F)(F)F)nc2c(F)cccc12. The van der Waals surface area contributed by atoms with Crippen molar-refractivity contribution in [2.75, 3.05) is 32.5 Å². The number of unbranched alkanes of at least 4 members (excludes halogenated alkanes) is 1. The van der Waals surface area contributed by atoms with E-state index >= 15 is 0 Å². The Balaban J connectivity index is 2.25. The normalized spacial score (nSPS) is 12.1. The Bertz CT molecular complexity index is 670. The van der Waals surface area contributed by atoms with Crippen molar-refractivity contribution in [3.63, 3.8) is 0 Å². The van der Waals surface area contributed by atoms with Gasteiger partial charge in [0.1, 0.15) is 17.2 Å². The third-order valence-electron chi connectivity index (χ3n) is 3.26. The van der Waals surface area contributed by atoms with Gasteiger partial charge < -0.3 is 10.2 Å². The molecule has 1 aromatic heterocycles. The number of hydrogen-bond acceptors (Lipinski definition) is 4. The number of benzene rings is 1. The molecule has 0 bridgehead atoms. The highest BCUT2D eigenvalue weighted by Crippen LogP contribution is 2.31. The first-order valence-electron chi connectivity index (χ1n) is 7.21. The van der Waals surface area contributed by atoms with Crippen LogP contribution in [0.5, 0.6) is 0 Å².